The molecule has 2 atom stereocenters. The van der Waals surface area contributed by atoms with E-state index in [9.17, 15) is 14.7 Å². The highest BCUT2D eigenvalue weighted by molar-refractivity contribution is 8.69. The van der Waals surface area contributed by atoms with E-state index in [1.165, 1.54) is 11.4 Å². The van der Waals surface area contributed by atoms with Crippen molar-refractivity contribution < 1.29 is 19.2 Å². The molecule has 0 saturated heterocycles. The van der Waals surface area contributed by atoms with Crippen LogP contribution in [0, 0.1) is 5.92 Å². The molecule has 0 aromatic rings. The molecule has 0 spiro atoms. The van der Waals surface area contributed by atoms with Gasteiger partial charge in [0.2, 0.25) is 5.91 Å². The van der Waals surface area contributed by atoms with Crippen LogP contribution in [-0.4, -0.2) is 36.9 Å². The quantitative estimate of drug-likeness (QED) is 0.661. The molecular formula is C10H19NO4PS2-. The van der Waals surface area contributed by atoms with E-state index in [0.29, 0.717) is 6.61 Å². The number of aliphatic carboxylic acids is 1. The van der Waals surface area contributed by atoms with Crippen molar-refractivity contribution in [3.63, 3.8) is 0 Å². The lowest BCUT2D eigenvalue weighted by Crippen LogP contribution is -2.51. The SMILES string of the molecule is CCO[P@](C)(=S)SCC(=O)N[C@H](C(=O)[O-])C(C)C. The Kier molecular flexibility index (Phi) is 8.10. The number of hydrogen-bond acceptors (Lipinski definition) is 6. The fourth-order valence-electron chi connectivity index (χ4n) is 1.16. The fourth-order valence-corrected chi connectivity index (χ4v) is 4.52. The third-order valence-electron chi connectivity index (χ3n) is 2.03. The fraction of sp³-hybridized carbons (Fsp3) is 0.800. The molecule has 0 bridgehead atoms. The maximum atomic E-state index is 11.6. The van der Waals surface area contributed by atoms with Gasteiger partial charge < -0.3 is 19.7 Å². The Hall–Kier alpha value is -0.100. The van der Waals surface area contributed by atoms with Crippen LogP contribution in [-0.2, 0) is 25.9 Å². The summed E-state index contributed by atoms with van der Waals surface area (Å²) in [5.41, 5.74) is -2.01. The van der Waals surface area contributed by atoms with E-state index in [2.05, 4.69) is 5.32 Å². The molecule has 0 aliphatic heterocycles. The van der Waals surface area contributed by atoms with Crippen molar-refractivity contribution >= 4 is 40.5 Å². The average Bonchev–Trinajstić information content (AvgIpc) is 2.22. The Balaban J connectivity index is 4.27. The van der Waals surface area contributed by atoms with Gasteiger partial charge in [0.25, 0.3) is 0 Å². The summed E-state index contributed by atoms with van der Waals surface area (Å²) in [6.07, 6.45) is 0. The van der Waals surface area contributed by atoms with E-state index >= 15 is 0 Å². The Labute approximate surface area is 117 Å². The molecule has 18 heavy (non-hydrogen) atoms. The van der Waals surface area contributed by atoms with Crippen LogP contribution in [0.1, 0.15) is 20.8 Å². The molecule has 0 aromatic heterocycles. The largest absolute Gasteiger partial charge is 0.548 e. The summed E-state index contributed by atoms with van der Waals surface area (Å²) >= 11 is 6.48. The maximum absolute atomic E-state index is 11.6. The van der Waals surface area contributed by atoms with Crippen molar-refractivity contribution in [2.45, 2.75) is 26.8 Å². The number of carbonyl (C=O) groups excluding carboxylic acids is 2. The average molecular weight is 312 g/mol. The molecule has 1 amide bonds. The predicted molar refractivity (Wildman–Crippen MR) is 76.1 cm³/mol. The summed E-state index contributed by atoms with van der Waals surface area (Å²) in [5.74, 6) is -1.76. The number of carbonyl (C=O) groups is 2. The van der Waals surface area contributed by atoms with E-state index in [1.54, 1.807) is 20.5 Å². The van der Waals surface area contributed by atoms with Gasteiger partial charge in [-0.05, 0) is 19.5 Å². The molecule has 8 heteroatoms. The predicted octanol–water partition coefficient (Wildman–Crippen LogP) is 0.586. The van der Waals surface area contributed by atoms with Crippen molar-refractivity contribution in [2.75, 3.05) is 19.0 Å². The zero-order valence-electron chi connectivity index (χ0n) is 11.0. The summed E-state index contributed by atoms with van der Waals surface area (Å²) in [6.45, 7) is 7.56. The molecule has 106 valence electrons. The molecule has 0 heterocycles. The molecule has 0 fully saturated rings. The summed E-state index contributed by atoms with van der Waals surface area (Å²) < 4.78 is 5.36. The highest BCUT2D eigenvalue weighted by atomic mass is 32.9. The van der Waals surface area contributed by atoms with E-state index in [4.69, 9.17) is 16.3 Å². The first kappa shape index (κ1) is 17.9. The van der Waals surface area contributed by atoms with Crippen LogP contribution in [0.15, 0.2) is 0 Å². The standard InChI is InChI=1S/C10H20NO4PS2/c1-5-15-16(4,17)18-6-8(12)11-9(7(2)3)10(13)14/h7,9H,5-6H2,1-4H3,(H,11,12)(H,13,14)/p-1/t9-,16+/m0/s1. The first-order valence-electron chi connectivity index (χ1n) is 5.56. The third kappa shape index (κ3) is 7.36. The highest BCUT2D eigenvalue weighted by Gasteiger charge is 2.19. The Morgan fingerprint density at radius 2 is 2.06 bits per heavy atom. The van der Waals surface area contributed by atoms with Gasteiger partial charge in [0.15, 0.2) is 0 Å². The van der Waals surface area contributed by atoms with E-state index in [1.807, 2.05) is 6.92 Å². The van der Waals surface area contributed by atoms with Gasteiger partial charge >= 0.3 is 0 Å². The van der Waals surface area contributed by atoms with Crippen LogP contribution in [0.5, 0.6) is 0 Å². The number of hydrogen-bond donors (Lipinski definition) is 1. The number of carboxylic acid groups (broad SMARTS) is 1. The van der Waals surface area contributed by atoms with Crippen molar-refractivity contribution in [1.29, 1.82) is 0 Å². The van der Waals surface area contributed by atoms with Crippen LogP contribution in [0.25, 0.3) is 0 Å². The molecule has 0 unspecified atom stereocenters. The van der Waals surface area contributed by atoms with Gasteiger partial charge in [0, 0.05) is 6.61 Å². The Morgan fingerprint density at radius 3 is 2.44 bits per heavy atom. The molecular weight excluding hydrogens is 293 g/mol. The molecule has 0 aromatic carbocycles. The lowest BCUT2D eigenvalue weighted by atomic mass is 10.1. The van der Waals surface area contributed by atoms with Crippen LogP contribution in [0.2, 0.25) is 0 Å². The summed E-state index contributed by atoms with van der Waals surface area (Å²) in [4.78, 5) is 22.4. The molecule has 0 aliphatic carbocycles. The van der Waals surface area contributed by atoms with Gasteiger partial charge in [0.1, 0.15) is 5.47 Å². The minimum Gasteiger partial charge on any atom is -0.548 e. The first-order chi connectivity index (χ1) is 8.19. The second-order valence-corrected chi connectivity index (χ2v) is 12.1. The van der Waals surface area contributed by atoms with Crippen molar-refractivity contribution in [2.24, 2.45) is 5.92 Å². The Morgan fingerprint density at radius 1 is 1.50 bits per heavy atom. The van der Waals surface area contributed by atoms with Gasteiger partial charge in [-0.2, -0.15) is 0 Å². The second-order valence-electron chi connectivity index (χ2n) is 4.07. The lowest BCUT2D eigenvalue weighted by molar-refractivity contribution is -0.309. The lowest BCUT2D eigenvalue weighted by Gasteiger charge is -2.23. The topological polar surface area (TPSA) is 78.5 Å². The molecule has 0 rings (SSSR count). The molecule has 5 nitrogen and oxygen atoms in total. The smallest absolute Gasteiger partial charge is 0.230 e. The minimum atomic E-state index is -2.01. The monoisotopic (exact) mass is 312 g/mol. The van der Waals surface area contributed by atoms with Gasteiger partial charge in [0.05, 0.1) is 17.8 Å². The van der Waals surface area contributed by atoms with Crippen molar-refractivity contribution in [3.8, 4) is 0 Å². The summed E-state index contributed by atoms with van der Waals surface area (Å²) in [5, 5.41) is 13.2. The summed E-state index contributed by atoms with van der Waals surface area (Å²) in [7, 11) is 0. The molecule has 0 saturated carbocycles. The normalized spacial score (nSPS) is 16.1. The van der Waals surface area contributed by atoms with Gasteiger partial charge in [-0.15, -0.1) is 0 Å². The second kappa shape index (κ2) is 8.15. The van der Waals surface area contributed by atoms with Crippen molar-refractivity contribution in [1.82, 2.24) is 5.32 Å². The van der Waals surface area contributed by atoms with Crippen LogP contribution < -0.4 is 10.4 Å². The number of rotatable bonds is 8. The zero-order chi connectivity index (χ0) is 14.3. The maximum Gasteiger partial charge on any atom is 0.230 e. The molecule has 0 radical (unpaired) electrons. The van der Waals surface area contributed by atoms with E-state index in [0.717, 1.165) is 0 Å². The number of amides is 1. The van der Waals surface area contributed by atoms with Gasteiger partial charge in [-0.25, -0.2) is 0 Å². The van der Waals surface area contributed by atoms with Gasteiger partial charge in [-0.1, -0.05) is 37.0 Å². The molecule has 1 N–H and O–H groups in total. The van der Waals surface area contributed by atoms with E-state index < -0.39 is 17.5 Å². The first-order valence-corrected chi connectivity index (χ1v) is 10.3. The zero-order valence-corrected chi connectivity index (χ0v) is 13.5. The van der Waals surface area contributed by atoms with E-state index in [-0.39, 0.29) is 17.6 Å². The third-order valence-corrected chi connectivity index (χ3v) is 6.99. The van der Waals surface area contributed by atoms with Crippen LogP contribution >= 0.6 is 16.8 Å². The van der Waals surface area contributed by atoms with Crippen molar-refractivity contribution in [3.05, 3.63) is 0 Å². The number of nitrogens with one attached hydrogen (secondary N) is 1. The summed E-state index contributed by atoms with van der Waals surface area (Å²) in [6, 6.07) is -0.972. The minimum absolute atomic E-state index is 0.101. The molecule has 0 aliphatic rings. The Bertz CT molecular complexity index is 349. The van der Waals surface area contributed by atoms with Crippen LogP contribution in [0.3, 0.4) is 0 Å². The van der Waals surface area contributed by atoms with Gasteiger partial charge in [-0.3, -0.25) is 4.79 Å². The number of carboxylic acids is 1. The highest BCUT2D eigenvalue weighted by Crippen LogP contribution is 2.56. The van der Waals surface area contributed by atoms with Crippen LogP contribution in [0.4, 0.5) is 0 Å².